The number of aromatic nitrogens is 1. The van der Waals surface area contributed by atoms with E-state index in [9.17, 15) is 8.78 Å². The Morgan fingerprint density at radius 1 is 1.00 bits per heavy atom. The molecule has 3 aromatic carbocycles. The number of nitriles is 1. The van der Waals surface area contributed by atoms with Gasteiger partial charge in [-0.05, 0) is 42.0 Å². The van der Waals surface area contributed by atoms with Gasteiger partial charge in [0.15, 0.2) is 11.6 Å². The second-order valence-corrected chi connectivity index (χ2v) is 7.89. The van der Waals surface area contributed by atoms with Gasteiger partial charge in [-0.1, -0.05) is 30.3 Å². The number of fused-ring (bicyclic) bond motifs is 1. The van der Waals surface area contributed by atoms with Crippen LogP contribution in [0.2, 0.25) is 0 Å². The van der Waals surface area contributed by atoms with Crippen molar-refractivity contribution in [3.8, 4) is 17.5 Å². The molecule has 0 bridgehead atoms. The Labute approximate surface area is 190 Å². The van der Waals surface area contributed by atoms with E-state index in [2.05, 4.69) is 16.2 Å². The molecule has 0 saturated carbocycles. The highest BCUT2D eigenvalue weighted by atomic mass is 32.1. The fraction of sp³-hybridized carbons (Fsp3) is 0. The molecule has 0 fully saturated rings. The highest BCUT2D eigenvalue weighted by Gasteiger charge is 2.13. The average molecular weight is 456 g/mol. The van der Waals surface area contributed by atoms with E-state index in [1.54, 1.807) is 35.2 Å². The second-order valence-electron chi connectivity index (χ2n) is 7.05. The standard InChI is InChI=1S/C25H14F2N4OS/c26-19-9-10-21(20(27)12-19)30-25-31(29-14-17-7-5-16(13-28)6-8-17)22(15-33-25)24-11-18-3-1-2-4-23(18)32-24/h1-12,14-15H. The highest BCUT2D eigenvalue weighted by Crippen LogP contribution is 2.28. The van der Waals surface area contributed by atoms with Crippen molar-refractivity contribution in [2.45, 2.75) is 0 Å². The molecule has 0 aliphatic carbocycles. The van der Waals surface area contributed by atoms with E-state index in [0.717, 1.165) is 28.7 Å². The Hall–Kier alpha value is -4.35. The van der Waals surface area contributed by atoms with E-state index < -0.39 is 11.6 Å². The molecule has 5 nitrogen and oxygen atoms in total. The minimum absolute atomic E-state index is 0.00303. The summed E-state index contributed by atoms with van der Waals surface area (Å²) in [7, 11) is 0. The molecule has 0 unspecified atom stereocenters. The average Bonchev–Trinajstić information content (AvgIpc) is 3.43. The van der Waals surface area contributed by atoms with Crippen LogP contribution in [0.5, 0.6) is 0 Å². The topological polar surface area (TPSA) is 66.6 Å². The maximum atomic E-state index is 14.2. The minimum atomic E-state index is -0.767. The molecule has 2 aromatic heterocycles. The quantitative estimate of drug-likeness (QED) is 0.301. The number of thiazole rings is 1. The van der Waals surface area contributed by atoms with Crippen LogP contribution in [-0.2, 0) is 0 Å². The summed E-state index contributed by atoms with van der Waals surface area (Å²) < 4.78 is 35.1. The maximum absolute atomic E-state index is 14.2. The van der Waals surface area contributed by atoms with Gasteiger partial charge >= 0.3 is 0 Å². The van der Waals surface area contributed by atoms with Gasteiger partial charge in [0.1, 0.15) is 22.8 Å². The molecule has 0 spiro atoms. The van der Waals surface area contributed by atoms with Gasteiger partial charge in [-0.25, -0.2) is 18.4 Å². The van der Waals surface area contributed by atoms with Crippen LogP contribution in [-0.4, -0.2) is 10.9 Å². The first-order valence-electron chi connectivity index (χ1n) is 9.84. The Morgan fingerprint density at radius 3 is 2.58 bits per heavy atom. The molecule has 0 aliphatic rings. The molecule has 5 aromatic rings. The monoisotopic (exact) mass is 456 g/mol. The van der Waals surface area contributed by atoms with Crippen LogP contribution in [0.3, 0.4) is 0 Å². The van der Waals surface area contributed by atoms with Gasteiger partial charge in [0.05, 0.1) is 17.8 Å². The molecular formula is C25H14F2N4OS. The fourth-order valence-corrected chi connectivity index (χ4v) is 4.04. The molecule has 0 radical (unpaired) electrons. The van der Waals surface area contributed by atoms with Crippen LogP contribution in [0.15, 0.2) is 92.7 Å². The first kappa shape index (κ1) is 20.5. The lowest BCUT2D eigenvalue weighted by Crippen LogP contribution is -2.11. The number of benzene rings is 3. The normalized spacial score (nSPS) is 12.0. The van der Waals surface area contributed by atoms with Crippen molar-refractivity contribution in [2.75, 3.05) is 0 Å². The molecule has 5 rings (SSSR count). The van der Waals surface area contributed by atoms with Gasteiger partial charge in [-0.15, -0.1) is 11.3 Å². The summed E-state index contributed by atoms with van der Waals surface area (Å²) in [5, 5.41) is 16.3. The Morgan fingerprint density at radius 2 is 1.82 bits per heavy atom. The van der Waals surface area contributed by atoms with Gasteiger partial charge in [-0.2, -0.15) is 10.4 Å². The Balaban J connectivity index is 1.65. The zero-order valence-electron chi connectivity index (χ0n) is 16.9. The lowest BCUT2D eigenvalue weighted by atomic mass is 10.2. The molecule has 0 N–H and O–H groups in total. The summed E-state index contributed by atoms with van der Waals surface area (Å²) in [5.41, 5.74) is 2.66. The summed E-state index contributed by atoms with van der Waals surface area (Å²) in [5.74, 6) is -0.867. The van der Waals surface area contributed by atoms with Crippen LogP contribution in [0.1, 0.15) is 11.1 Å². The number of furan rings is 1. The molecule has 160 valence electrons. The third-order valence-corrected chi connectivity index (χ3v) is 5.67. The third kappa shape index (κ3) is 4.22. The summed E-state index contributed by atoms with van der Waals surface area (Å²) in [6, 6.07) is 21.7. The van der Waals surface area contributed by atoms with Crippen LogP contribution in [0.25, 0.3) is 22.4 Å². The number of halogens is 2. The number of hydrogen-bond donors (Lipinski definition) is 0. The number of rotatable bonds is 4. The van der Waals surface area contributed by atoms with Gasteiger partial charge in [0, 0.05) is 16.8 Å². The molecular weight excluding hydrogens is 442 g/mol. The van der Waals surface area contributed by atoms with Crippen LogP contribution >= 0.6 is 11.3 Å². The van der Waals surface area contributed by atoms with Crippen molar-refractivity contribution in [1.29, 1.82) is 5.26 Å². The van der Waals surface area contributed by atoms with E-state index in [1.807, 2.05) is 35.7 Å². The van der Waals surface area contributed by atoms with E-state index in [-0.39, 0.29) is 5.69 Å². The largest absolute Gasteiger partial charge is 0.454 e. The van der Waals surface area contributed by atoms with Crippen molar-refractivity contribution in [3.05, 3.63) is 106 Å². The van der Waals surface area contributed by atoms with Crippen molar-refractivity contribution in [2.24, 2.45) is 10.1 Å². The van der Waals surface area contributed by atoms with Gasteiger partial charge in [0.2, 0.25) is 4.80 Å². The number of hydrogen-bond acceptors (Lipinski definition) is 5. The van der Waals surface area contributed by atoms with Crippen LogP contribution in [0.4, 0.5) is 14.5 Å². The van der Waals surface area contributed by atoms with E-state index in [1.165, 1.54) is 17.4 Å². The Bertz CT molecular complexity index is 1570. The van der Waals surface area contributed by atoms with E-state index >= 15 is 0 Å². The molecule has 0 aliphatic heterocycles. The second kappa shape index (κ2) is 8.65. The van der Waals surface area contributed by atoms with Crippen molar-refractivity contribution in [3.63, 3.8) is 0 Å². The Kier molecular flexibility index (Phi) is 5.39. The molecule has 33 heavy (non-hydrogen) atoms. The zero-order chi connectivity index (χ0) is 22.8. The fourth-order valence-electron chi connectivity index (χ4n) is 3.21. The smallest absolute Gasteiger partial charge is 0.211 e. The summed E-state index contributed by atoms with van der Waals surface area (Å²) >= 11 is 1.25. The van der Waals surface area contributed by atoms with Crippen LogP contribution in [0, 0.1) is 23.0 Å². The van der Waals surface area contributed by atoms with Crippen molar-refractivity contribution < 1.29 is 13.2 Å². The number of nitrogens with zero attached hydrogens (tertiary/aromatic N) is 4. The first-order chi connectivity index (χ1) is 16.1. The summed E-state index contributed by atoms with van der Waals surface area (Å²) in [4.78, 5) is 4.74. The predicted octanol–water partition coefficient (Wildman–Crippen LogP) is 6.23. The summed E-state index contributed by atoms with van der Waals surface area (Å²) in [6.45, 7) is 0. The number of para-hydroxylation sites is 1. The van der Waals surface area contributed by atoms with E-state index in [0.29, 0.717) is 21.8 Å². The minimum Gasteiger partial charge on any atom is -0.454 e. The lowest BCUT2D eigenvalue weighted by Gasteiger charge is -2.01. The zero-order valence-corrected chi connectivity index (χ0v) is 17.8. The SMILES string of the molecule is N#Cc1ccc(C=Nn2c(-c3cc4ccccc4o3)csc2=Nc2ccc(F)cc2F)cc1. The first-order valence-corrected chi connectivity index (χ1v) is 10.7. The third-order valence-electron chi connectivity index (χ3n) is 4.85. The maximum Gasteiger partial charge on any atom is 0.211 e. The molecule has 0 saturated heterocycles. The van der Waals surface area contributed by atoms with Crippen molar-refractivity contribution >= 4 is 34.2 Å². The predicted molar refractivity (Wildman–Crippen MR) is 123 cm³/mol. The lowest BCUT2D eigenvalue weighted by molar-refractivity contribution is 0.584. The highest BCUT2D eigenvalue weighted by molar-refractivity contribution is 7.07. The molecule has 0 amide bonds. The van der Waals surface area contributed by atoms with Crippen molar-refractivity contribution in [1.82, 2.24) is 4.68 Å². The van der Waals surface area contributed by atoms with Gasteiger partial charge in [0.25, 0.3) is 0 Å². The molecule has 0 atom stereocenters. The van der Waals surface area contributed by atoms with Gasteiger partial charge in [-0.3, -0.25) is 0 Å². The van der Waals surface area contributed by atoms with Crippen LogP contribution < -0.4 is 4.80 Å². The van der Waals surface area contributed by atoms with E-state index in [4.69, 9.17) is 9.68 Å². The summed E-state index contributed by atoms with van der Waals surface area (Å²) in [6.07, 6.45) is 1.61. The molecule has 8 heteroatoms. The molecule has 2 heterocycles. The van der Waals surface area contributed by atoms with Gasteiger partial charge < -0.3 is 4.42 Å².